The Morgan fingerprint density at radius 3 is 2.52 bits per heavy atom. The van der Waals surface area contributed by atoms with E-state index >= 15 is 0 Å². The first-order chi connectivity index (χ1) is 12.9. The van der Waals surface area contributed by atoms with Crippen LogP contribution in [0.5, 0.6) is 0 Å². The smallest absolute Gasteiger partial charge is 0.239 e. The average molecular weight is 425 g/mol. The molecular weight excluding hydrogens is 407 g/mol. The third kappa shape index (κ3) is 6.52. The Hall–Kier alpha value is -2.11. The van der Waals surface area contributed by atoms with E-state index in [1.54, 1.807) is 34.5 Å². The summed E-state index contributed by atoms with van der Waals surface area (Å²) in [7, 11) is 0. The zero-order valence-corrected chi connectivity index (χ0v) is 16.9. The van der Waals surface area contributed by atoms with Gasteiger partial charge in [0.25, 0.3) is 0 Å². The van der Waals surface area contributed by atoms with Crippen LogP contribution in [0.1, 0.15) is 18.9 Å². The Labute approximate surface area is 171 Å². The van der Waals surface area contributed by atoms with E-state index in [1.807, 2.05) is 13.0 Å². The first kappa shape index (κ1) is 21.2. The Balaban J connectivity index is 1.94. The molecule has 0 saturated carbocycles. The summed E-state index contributed by atoms with van der Waals surface area (Å²) in [5.41, 5.74) is 0.884. The number of carbonyl (C=O) groups excluding carboxylic acids is 2. The normalized spacial score (nSPS) is 10.5. The molecule has 9 heteroatoms. The standard InChI is InChI=1S/C18H18Cl2N4O2S/c1-2-6-24(11-17(26)23-18-12(9-21)5-7-27-18)10-16(25)22-15-4-3-13(19)8-14(15)20/h3-5,7-8H,2,6,10-11H2,1H3,(H,22,25)(H,23,26). The molecule has 1 aromatic heterocycles. The number of rotatable bonds is 8. The molecule has 0 fully saturated rings. The van der Waals surface area contributed by atoms with Gasteiger partial charge in [0.1, 0.15) is 11.1 Å². The van der Waals surface area contributed by atoms with Crippen molar-refractivity contribution in [2.75, 3.05) is 30.3 Å². The maximum atomic E-state index is 12.3. The van der Waals surface area contributed by atoms with Crippen LogP contribution in [0.3, 0.4) is 0 Å². The summed E-state index contributed by atoms with van der Waals surface area (Å²) in [6.07, 6.45) is 0.782. The number of hydrogen-bond donors (Lipinski definition) is 2. The number of thiophene rings is 1. The number of nitriles is 1. The fraction of sp³-hybridized carbons (Fsp3) is 0.278. The maximum absolute atomic E-state index is 12.3. The van der Waals surface area contributed by atoms with Crippen molar-refractivity contribution in [1.82, 2.24) is 4.90 Å². The van der Waals surface area contributed by atoms with Gasteiger partial charge in [-0.25, -0.2) is 0 Å². The lowest BCUT2D eigenvalue weighted by molar-refractivity contribution is -0.120. The lowest BCUT2D eigenvalue weighted by Gasteiger charge is -2.20. The molecule has 0 bridgehead atoms. The minimum Gasteiger partial charge on any atom is -0.324 e. The van der Waals surface area contributed by atoms with Crippen LogP contribution >= 0.6 is 34.5 Å². The number of carbonyl (C=O) groups is 2. The van der Waals surface area contributed by atoms with Gasteiger partial charge in [0, 0.05) is 5.02 Å². The van der Waals surface area contributed by atoms with Crippen LogP contribution in [0, 0.1) is 11.3 Å². The lowest BCUT2D eigenvalue weighted by Crippen LogP contribution is -2.39. The van der Waals surface area contributed by atoms with Crippen LogP contribution in [0.2, 0.25) is 10.0 Å². The second-order valence-corrected chi connectivity index (χ2v) is 7.47. The van der Waals surface area contributed by atoms with E-state index in [9.17, 15) is 9.59 Å². The number of anilines is 2. The molecule has 1 heterocycles. The van der Waals surface area contributed by atoms with Crippen molar-refractivity contribution in [1.29, 1.82) is 5.26 Å². The fourth-order valence-electron chi connectivity index (χ4n) is 2.38. The third-order valence-electron chi connectivity index (χ3n) is 3.52. The predicted octanol–water partition coefficient (Wildman–Crippen LogP) is 4.22. The van der Waals surface area contributed by atoms with Gasteiger partial charge in [0.05, 0.1) is 29.4 Å². The van der Waals surface area contributed by atoms with Crippen LogP contribution in [-0.2, 0) is 9.59 Å². The predicted molar refractivity (Wildman–Crippen MR) is 109 cm³/mol. The molecule has 2 amide bonds. The van der Waals surface area contributed by atoms with Crippen molar-refractivity contribution in [3.05, 3.63) is 45.3 Å². The zero-order valence-electron chi connectivity index (χ0n) is 14.6. The summed E-state index contributed by atoms with van der Waals surface area (Å²) in [4.78, 5) is 26.3. The van der Waals surface area contributed by atoms with Crippen LogP contribution in [-0.4, -0.2) is 36.3 Å². The first-order valence-corrected chi connectivity index (χ1v) is 9.81. The summed E-state index contributed by atoms with van der Waals surface area (Å²) >= 11 is 13.2. The van der Waals surface area contributed by atoms with Gasteiger partial charge in [0.2, 0.25) is 11.8 Å². The molecule has 0 aliphatic carbocycles. The van der Waals surface area contributed by atoms with E-state index in [0.29, 0.717) is 32.8 Å². The second-order valence-electron chi connectivity index (χ2n) is 5.71. The van der Waals surface area contributed by atoms with Crippen LogP contribution < -0.4 is 10.6 Å². The van der Waals surface area contributed by atoms with Crippen LogP contribution in [0.4, 0.5) is 10.7 Å². The zero-order chi connectivity index (χ0) is 19.8. The van der Waals surface area contributed by atoms with Crippen molar-refractivity contribution < 1.29 is 9.59 Å². The maximum Gasteiger partial charge on any atom is 0.239 e. The number of nitrogens with zero attached hydrogens (tertiary/aromatic N) is 2. The molecule has 6 nitrogen and oxygen atoms in total. The van der Waals surface area contributed by atoms with Crippen LogP contribution in [0.25, 0.3) is 0 Å². The van der Waals surface area contributed by atoms with Crippen molar-refractivity contribution in [3.63, 3.8) is 0 Å². The summed E-state index contributed by atoms with van der Waals surface area (Å²) in [5, 5.41) is 17.5. The van der Waals surface area contributed by atoms with E-state index in [0.717, 1.165) is 6.42 Å². The Morgan fingerprint density at radius 2 is 1.89 bits per heavy atom. The highest BCUT2D eigenvalue weighted by molar-refractivity contribution is 7.14. The monoisotopic (exact) mass is 424 g/mol. The van der Waals surface area contributed by atoms with E-state index < -0.39 is 0 Å². The molecule has 2 aromatic rings. The van der Waals surface area contributed by atoms with E-state index in [4.69, 9.17) is 28.5 Å². The van der Waals surface area contributed by atoms with Gasteiger partial charge in [-0.1, -0.05) is 30.1 Å². The van der Waals surface area contributed by atoms with Crippen molar-refractivity contribution in [2.45, 2.75) is 13.3 Å². The van der Waals surface area contributed by atoms with Gasteiger partial charge in [-0.2, -0.15) is 5.26 Å². The molecule has 2 N–H and O–H groups in total. The van der Waals surface area contributed by atoms with Crippen molar-refractivity contribution in [2.24, 2.45) is 0 Å². The summed E-state index contributed by atoms with van der Waals surface area (Å²) in [6, 6.07) is 8.47. The Bertz CT molecular complexity index is 863. The molecule has 0 aliphatic heterocycles. The molecule has 142 valence electrons. The molecule has 2 rings (SSSR count). The quantitative estimate of drug-likeness (QED) is 0.664. The minimum atomic E-state index is -0.283. The van der Waals surface area contributed by atoms with Gasteiger partial charge in [-0.3, -0.25) is 14.5 Å². The Morgan fingerprint density at radius 1 is 1.19 bits per heavy atom. The molecule has 27 heavy (non-hydrogen) atoms. The largest absolute Gasteiger partial charge is 0.324 e. The van der Waals surface area contributed by atoms with Gasteiger partial charge >= 0.3 is 0 Å². The number of nitrogens with one attached hydrogen (secondary N) is 2. The summed E-state index contributed by atoms with van der Waals surface area (Å²) < 4.78 is 0. The number of hydrogen-bond acceptors (Lipinski definition) is 5. The molecule has 0 atom stereocenters. The average Bonchev–Trinajstić information content (AvgIpc) is 3.04. The van der Waals surface area contributed by atoms with E-state index in [-0.39, 0.29) is 24.9 Å². The Kier molecular flexibility index (Phi) is 8.07. The topological polar surface area (TPSA) is 85.2 Å². The number of benzene rings is 1. The van der Waals surface area contributed by atoms with Crippen molar-refractivity contribution in [3.8, 4) is 6.07 Å². The molecule has 0 radical (unpaired) electrons. The highest BCUT2D eigenvalue weighted by atomic mass is 35.5. The molecule has 0 unspecified atom stereocenters. The molecule has 0 saturated heterocycles. The SMILES string of the molecule is CCCN(CC(=O)Nc1ccc(Cl)cc1Cl)CC(=O)Nc1sccc1C#N. The minimum absolute atomic E-state index is 0.0375. The third-order valence-corrected chi connectivity index (χ3v) is 4.90. The lowest BCUT2D eigenvalue weighted by atomic mass is 10.3. The molecule has 1 aromatic carbocycles. The summed E-state index contributed by atoms with van der Waals surface area (Å²) in [6.45, 7) is 2.62. The first-order valence-electron chi connectivity index (χ1n) is 8.17. The number of halogens is 2. The highest BCUT2D eigenvalue weighted by Crippen LogP contribution is 2.25. The molecular formula is C18H18Cl2N4O2S. The van der Waals surface area contributed by atoms with Gasteiger partial charge in [0.15, 0.2) is 0 Å². The number of amides is 2. The molecule has 0 spiro atoms. The fourth-order valence-corrected chi connectivity index (χ4v) is 3.59. The van der Waals surface area contributed by atoms with E-state index in [1.165, 1.54) is 11.3 Å². The van der Waals surface area contributed by atoms with E-state index in [2.05, 4.69) is 10.6 Å². The molecule has 0 aliphatic rings. The van der Waals surface area contributed by atoms with Gasteiger partial charge in [-0.05, 0) is 42.6 Å². The van der Waals surface area contributed by atoms with Gasteiger partial charge in [-0.15, -0.1) is 11.3 Å². The highest BCUT2D eigenvalue weighted by Gasteiger charge is 2.16. The van der Waals surface area contributed by atoms with Crippen LogP contribution in [0.15, 0.2) is 29.6 Å². The van der Waals surface area contributed by atoms with Gasteiger partial charge < -0.3 is 10.6 Å². The van der Waals surface area contributed by atoms with Crippen molar-refractivity contribution >= 4 is 57.0 Å². The second kappa shape index (κ2) is 10.3. The summed E-state index contributed by atoms with van der Waals surface area (Å²) in [5.74, 6) is -0.561.